The molecule has 4 rings (SSSR count). The highest BCUT2D eigenvalue weighted by Gasteiger charge is 2.21. The Morgan fingerprint density at radius 2 is 1.81 bits per heavy atom. The number of rotatable bonds is 7. The fourth-order valence-corrected chi connectivity index (χ4v) is 4.47. The highest BCUT2D eigenvalue weighted by Crippen LogP contribution is 2.32. The molecule has 0 atom stereocenters. The largest absolute Gasteiger partial charge is 0.486 e. The van der Waals surface area contributed by atoms with Gasteiger partial charge < -0.3 is 14.8 Å². The van der Waals surface area contributed by atoms with Gasteiger partial charge >= 0.3 is 0 Å². The Kier molecular flexibility index (Phi) is 6.15. The first kappa shape index (κ1) is 21.2. The van der Waals surface area contributed by atoms with Crippen molar-refractivity contribution in [3.63, 3.8) is 0 Å². The van der Waals surface area contributed by atoms with Crippen LogP contribution < -0.4 is 14.8 Å². The van der Waals surface area contributed by atoms with Gasteiger partial charge in [0.1, 0.15) is 19.0 Å². The summed E-state index contributed by atoms with van der Waals surface area (Å²) in [6, 6.07) is 13.4. The molecular formula is C21H20ClN3O5S. The Balaban J connectivity index is 1.37. The lowest BCUT2D eigenvalue weighted by Crippen LogP contribution is -2.20. The van der Waals surface area contributed by atoms with Crippen LogP contribution in [0.2, 0.25) is 5.02 Å². The molecule has 2 aromatic carbocycles. The Morgan fingerprint density at radius 1 is 1.06 bits per heavy atom. The van der Waals surface area contributed by atoms with E-state index < -0.39 is 15.7 Å². The summed E-state index contributed by atoms with van der Waals surface area (Å²) < 4.78 is 37.8. The van der Waals surface area contributed by atoms with E-state index in [4.69, 9.17) is 21.1 Å². The number of carbonyl (C=O) groups excluding carboxylic acids is 1. The molecule has 8 nitrogen and oxygen atoms in total. The third-order valence-corrected chi connectivity index (χ3v) is 6.67. The van der Waals surface area contributed by atoms with Gasteiger partial charge in [-0.05, 0) is 29.8 Å². The van der Waals surface area contributed by atoms with Crippen LogP contribution in [0.1, 0.15) is 12.0 Å². The molecule has 0 radical (unpaired) electrons. The molecule has 31 heavy (non-hydrogen) atoms. The van der Waals surface area contributed by atoms with Crippen LogP contribution in [0.15, 0.2) is 59.6 Å². The maximum absolute atomic E-state index is 12.7. The van der Waals surface area contributed by atoms with E-state index in [9.17, 15) is 13.2 Å². The molecule has 2 heterocycles. The molecule has 0 aliphatic carbocycles. The maximum atomic E-state index is 12.7. The summed E-state index contributed by atoms with van der Waals surface area (Å²) in [5.74, 6) is 0.638. The second kappa shape index (κ2) is 8.99. The fourth-order valence-electron chi connectivity index (χ4n) is 3.09. The van der Waals surface area contributed by atoms with Crippen LogP contribution in [0.5, 0.6) is 11.5 Å². The molecular weight excluding hydrogens is 442 g/mol. The standard InChI is InChI=1S/C21H20ClN3O5S/c22-16-3-1-15(2-4-16)14-25-20(7-9-23-25)24-21(26)8-12-31(27,28)17-5-6-18-19(13-17)30-11-10-29-18/h1-7,9,13H,8,10-12,14H2,(H,24,26). The number of hydrogen-bond acceptors (Lipinski definition) is 6. The van der Waals surface area contributed by atoms with Gasteiger partial charge in [0, 0.05) is 23.6 Å². The average molecular weight is 462 g/mol. The van der Waals surface area contributed by atoms with E-state index in [0.717, 1.165) is 5.56 Å². The van der Waals surface area contributed by atoms with Gasteiger partial charge in [0.2, 0.25) is 5.91 Å². The van der Waals surface area contributed by atoms with E-state index >= 15 is 0 Å². The number of carbonyl (C=O) groups is 1. The molecule has 1 aliphatic heterocycles. The lowest BCUT2D eigenvalue weighted by atomic mass is 10.2. The molecule has 0 saturated heterocycles. The van der Waals surface area contributed by atoms with Gasteiger partial charge in [-0.25, -0.2) is 13.1 Å². The number of nitrogens with zero attached hydrogens (tertiary/aromatic N) is 2. The SMILES string of the molecule is O=C(CCS(=O)(=O)c1ccc2c(c1)OCCO2)Nc1ccnn1Cc1ccc(Cl)cc1. The fraction of sp³-hybridized carbons (Fsp3) is 0.238. The van der Waals surface area contributed by atoms with Gasteiger partial charge in [-0.2, -0.15) is 5.10 Å². The van der Waals surface area contributed by atoms with Crippen molar-refractivity contribution in [3.8, 4) is 11.5 Å². The van der Waals surface area contributed by atoms with Crippen LogP contribution in [0.25, 0.3) is 0 Å². The molecule has 3 aromatic rings. The predicted molar refractivity (Wildman–Crippen MR) is 116 cm³/mol. The van der Waals surface area contributed by atoms with E-state index in [1.165, 1.54) is 12.1 Å². The third kappa shape index (κ3) is 5.18. The molecule has 10 heteroatoms. The minimum absolute atomic E-state index is 0.0948. The van der Waals surface area contributed by atoms with Crippen molar-refractivity contribution in [3.05, 3.63) is 65.3 Å². The van der Waals surface area contributed by atoms with Crippen molar-refractivity contribution in [2.45, 2.75) is 17.9 Å². The molecule has 1 aromatic heterocycles. The van der Waals surface area contributed by atoms with Gasteiger partial charge in [-0.3, -0.25) is 4.79 Å². The minimum Gasteiger partial charge on any atom is -0.486 e. The number of halogens is 1. The second-order valence-electron chi connectivity index (χ2n) is 6.92. The first-order valence-corrected chi connectivity index (χ1v) is 11.6. The predicted octanol–water partition coefficient (Wildman–Crippen LogP) is 3.16. The molecule has 1 aliphatic rings. The van der Waals surface area contributed by atoms with Crippen LogP contribution in [-0.2, 0) is 21.2 Å². The van der Waals surface area contributed by atoms with Gasteiger partial charge in [0.15, 0.2) is 21.3 Å². The maximum Gasteiger partial charge on any atom is 0.226 e. The number of aromatic nitrogens is 2. The van der Waals surface area contributed by atoms with E-state index in [1.807, 2.05) is 12.1 Å². The van der Waals surface area contributed by atoms with E-state index in [2.05, 4.69) is 10.4 Å². The smallest absolute Gasteiger partial charge is 0.226 e. The molecule has 0 spiro atoms. The zero-order valence-electron chi connectivity index (χ0n) is 16.5. The third-order valence-electron chi connectivity index (χ3n) is 4.70. The van der Waals surface area contributed by atoms with Gasteiger partial charge in [-0.1, -0.05) is 23.7 Å². The molecule has 162 valence electrons. The van der Waals surface area contributed by atoms with Crippen LogP contribution in [0.3, 0.4) is 0 Å². The van der Waals surface area contributed by atoms with Crippen molar-refractivity contribution >= 4 is 33.2 Å². The van der Waals surface area contributed by atoms with Crippen LogP contribution in [0.4, 0.5) is 5.82 Å². The van der Waals surface area contributed by atoms with Crippen molar-refractivity contribution < 1.29 is 22.7 Å². The monoisotopic (exact) mass is 461 g/mol. The van der Waals surface area contributed by atoms with Crippen molar-refractivity contribution in [2.75, 3.05) is 24.3 Å². The van der Waals surface area contributed by atoms with Gasteiger partial charge in [-0.15, -0.1) is 0 Å². The number of amides is 1. The Bertz CT molecular complexity index is 1190. The van der Waals surface area contributed by atoms with Crippen molar-refractivity contribution in [2.24, 2.45) is 0 Å². The average Bonchev–Trinajstić information content (AvgIpc) is 3.20. The van der Waals surface area contributed by atoms with Crippen LogP contribution >= 0.6 is 11.6 Å². The van der Waals surface area contributed by atoms with Gasteiger partial charge in [0.25, 0.3) is 0 Å². The summed E-state index contributed by atoms with van der Waals surface area (Å²) in [4.78, 5) is 12.5. The number of benzene rings is 2. The number of nitrogens with one attached hydrogen (secondary N) is 1. The summed E-state index contributed by atoms with van der Waals surface area (Å²) in [6.45, 7) is 1.23. The zero-order chi connectivity index (χ0) is 21.8. The number of sulfone groups is 1. The lowest BCUT2D eigenvalue weighted by Gasteiger charge is -2.18. The second-order valence-corrected chi connectivity index (χ2v) is 9.47. The molecule has 1 amide bonds. The number of fused-ring (bicyclic) bond motifs is 1. The first-order valence-electron chi connectivity index (χ1n) is 9.59. The Hall–Kier alpha value is -3.04. The normalized spacial score (nSPS) is 13.1. The molecule has 0 fully saturated rings. The van der Waals surface area contributed by atoms with Crippen molar-refractivity contribution in [1.82, 2.24) is 9.78 Å². The number of anilines is 1. The summed E-state index contributed by atoms with van der Waals surface area (Å²) in [5.41, 5.74) is 0.963. The van der Waals surface area contributed by atoms with E-state index in [0.29, 0.717) is 42.1 Å². The zero-order valence-corrected chi connectivity index (χ0v) is 18.0. The minimum atomic E-state index is -3.66. The Labute approximate surface area is 184 Å². The van der Waals surface area contributed by atoms with E-state index in [1.54, 1.807) is 35.1 Å². The quantitative estimate of drug-likeness (QED) is 0.580. The lowest BCUT2D eigenvalue weighted by molar-refractivity contribution is -0.115. The topological polar surface area (TPSA) is 99.5 Å². The summed E-state index contributed by atoms with van der Waals surface area (Å²) in [7, 11) is -3.66. The molecule has 0 unspecified atom stereocenters. The first-order chi connectivity index (χ1) is 14.9. The number of hydrogen-bond donors (Lipinski definition) is 1. The molecule has 1 N–H and O–H groups in total. The molecule has 0 bridgehead atoms. The van der Waals surface area contributed by atoms with Gasteiger partial charge in [0.05, 0.1) is 23.4 Å². The summed E-state index contributed by atoms with van der Waals surface area (Å²) in [5, 5.41) is 7.57. The van der Waals surface area contributed by atoms with Crippen LogP contribution in [0, 0.1) is 0 Å². The van der Waals surface area contributed by atoms with Crippen LogP contribution in [-0.4, -0.2) is 43.1 Å². The molecule has 0 saturated carbocycles. The van der Waals surface area contributed by atoms with Crippen molar-refractivity contribution in [1.29, 1.82) is 0 Å². The van der Waals surface area contributed by atoms with E-state index in [-0.39, 0.29) is 17.1 Å². The highest BCUT2D eigenvalue weighted by atomic mass is 35.5. The summed E-state index contributed by atoms with van der Waals surface area (Å²) in [6.07, 6.45) is 1.38. The summed E-state index contributed by atoms with van der Waals surface area (Å²) >= 11 is 5.90. The highest BCUT2D eigenvalue weighted by molar-refractivity contribution is 7.91. The Morgan fingerprint density at radius 3 is 2.58 bits per heavy atom. The number of ether oxygens (including phenoxy) is 2.